The summed E-state index contributed by atoms with van der Waals surface area (Å²) in [6, 6.07) is 10.9. The largest absolute Gasteiger partial charge is 0.440 e. The van der Waals surface area contributed by atoms with Crippen molar-refractivity contribution in [2.24, 2.45) is 0 Å². The van der Waals surface area contributed by atoms with E-state index in [0.717, 1.165) is 20.9 Å². The fraction of sp³-hybridized carbons (Fsp3) is 0.333. The third kappa shape index (κ3) is 9.32. The smallest absolute Gasteiger partial charge is 0.304 e. The van der Waals surface area contributed by atoms with Gasteiger partial charge in [0.2, 0.25) is 11.8 Å². The summed E-state index contributed by atoms with van der Waals surface area (Å²) in [5.74, 6) is -1.42. The summed E-state index contributed by atoms with van der Waals surface area (Å²) in [5, 5.41) is 7.20. The lowest BCUT2D eigenvalue weighted by molar-refractivity contribution is -0.164. The summed E-state index contributed by atoms with van der Waals surface area (Å²) in [4.78, 5) is 52.9. The van der Waals surface area contributed by atoms with Crippen molar-refractivity contribution in [3.63, 3.8) is 0 Å². The van der Waals surface area contributed by atoms with E-state index in [-0.39, 0.29) is 11.8 Å². The average Bonchev–Trinajstić information content (AvgIpc) is 2.97. The van der Waals surface area contributed by atoms with E-state index in [1.54, 1.807) is 24.3 Å². The molecule has 2 amide bonds. The van der Waals surface area contributed by atoms with Gasteiger partial charge in [0.25, 0.3) is 0 Å². The Morgan fingerprint density at radius 1 is 0.767 bits per heavy atom. The van der Waals surface area contributed by atoms with Gasteiger partial charge in [-0.05, 0) is 47.5 Å². The highest BCUT2D eigenvalue weighted by Gasteiger charge is 2.28. The number of hydrogen-bond acceptors (Lipinski definition) is 9. The number of ether oxygens (including phenoxy) is 2. The fourth-order valence-electron chi connectivity index (χ4n) is 4.51. The number of carbonyl (C=O) groups excluding carboxylic acids is 4. The number of halogens is 2. The molecule has 0 spiro atoms. The molecule has 13 heteroatoms. The summed E-state index contributed by atoms with van der Waals surface area (Å²) in [6.07, 6.45) is 4.91. The number of nitrogens with zero attached hydrogens (tertiary/aromatic N) is 2. The van der Waals surface area contributed by atoms with E-state index < -0.39 is 24.4 Å². The van der Waals surface area contributed by atoms with Gasteiger partial charge in [-0.15, -0.1) is 0 Å². The number of hydrogen-bond donors (Lipinski definition) is 2. The zero-order valence-electron chi connectivity index (χ0n) is 23.7. The molecule has 2 heterocycles. The molecule has 2 aliphatic heterocycles. The molecule has 2 aliphatic rings. The molecule has 0 bridgehead atoms. The lowest BCUT2D eigenvalue weighted by Gasteiger charge is -2.34. The number of rotatable bonds is 8. The highest BCUT2D eigenvalue weighted by atomic mass is 35.5. The molecule has 2 atom stereocenters. The Hall–Kier alpha value is -3.35. The van der Waals surface area contributed by atoms with E-state index >= 15 is 0 Å². The molecule has 2 aromatic carbocycles. The minimum absolute atomic E-state index is 0.262. The van der Waals surface area contributed by atoms with Crippen LogP contribution >= 0.6 is 35.0 Å². The number of piperazine rings is 2. The van der Waals surface area contributed by atoms with Gasteiger partial charge in [0.15, 0.2) is 12.5 Å². The van der Waals surface area contributed by atoms with E-state index in [4.69, 9.17) is 32.7 Å². The molecule has 10 nitrogen and oxygen atoms in total. The van der Waals surface area contributed by atoms with Crippen LogP contribution < -0.4 is 10.6 Å². The van der Waals surface area contributed by atoms with Gasteiger partial charge in [-0.2, -0.15) is 0 Å². The van der Waals surface area contributed by atoms with Gasteiger partial charge in [0.1, 0.15) is 0 Å². The Balaban J connectivity index is 1.37. The Labute approximate surface area is 264 Å². The van der Waals surface area contributed by atoms with Crippen molar-refractivity contribution in [3.05, 3.63) is 69.7 Å². The topological polar surface area (TPSA) is 117 Å². The summed E-state index contributed by atoms with van der Waals surface area (Å²) in [7, 11) is 0. The van der Waals surface area contributed by atoms with Crippen molar-refractivity contribution in [2.75, 3.05) is 39.3 Å². The van der Waals surface area contributed by atoms with E-state index in [1.807, 2.05) is 24.3 Å². The molecule has 0 saturated carbocycles. The van der Waals surface area contributed by atoms with Gasteiger partial charge in [-0.3, -0.25) is 19.2 Å². The van der Waals surface area contributed by atoms with Crippen molar-refractivity contribution in [1.29, 1.82) is 0 Å². The van der Waals surface area contributed by atoms with E-state index in [0.29, 0.717) is 49.3 Å². The van der Waals surface area contributed by atoms with Crippen LogP contribution in [0.4, 0.5) is 0 Å². The van der Waals surface area contributed by atoms with Crippen molar-refractivity contribution in [3.8, 4) is 0 Å². The van der Waals surface area contributed by atoms with Crippen LogP contribution in [0.25, 0.3) is 12.2 Å². The van der Waals surface area contributed by atoms with Gasteiger partial charge in [-0.1, -0.05) is 47.1 Å². The zero-order chi connectivity index (χ0) is 30.9. The summed E-state index contributed by atoms with van der Waals surface area (Å²) >= 11 is 14.5. The van der Waals surface area contributed by atoms with Crippen LogP contribution in [0.1, 0.15) is 25.0 Å². The van der Waals surface area contributed by atoms with Crippen LogP contribution in [0.5, 0.6) is 0 Å². The minimum atomic E-state index is -0.648. The molecule has 4 rings (SSSR count). The molecule has 2 fully saturated rings. The summed E-state index contributed by atoms with van der Waals surface area (Å²) < 4.78 is 10.5. The quantitative estimate of drug-likeness (QED) is 0.326. The second-order valence-electron chi connectivity index (χ2n) is 9.75. The minimum Gasteiger partial charge on any atom is -0.440 e. The maximum absolute atomic E-state index is 12.8. The van der Waals surface area contributed by atoms with Crippen LogP contribution in [0.3, 0.4) is 0 Å². The number of amides is 2. The second-order valence-corrected chi connectivity index (χ2v) is 11.6. The molecule has 43 heavy (non-hydrogen) atoms. The molecule has 0 aromatic heterocycles. The SMILES string of the molecule is CC(=O)OC1CNCCN1C(=O)/C=C/c1ccc(Sc2ccc(/C=C/C(=O)N3CCNCC3OC(C)=O)cc2Cl)c(Cl)c1. The molecular weight excluding hydrogens is 615 g/mol. The van der Waals surface area contributed by atoms with Crippen LogP contribution in [0.2, 0.25) is 10.0 Å². The molecular formula is C30H32Cl2N4O6S. The monoisotopic (exact) mass is 646 g/mol. The van der Waals surface area contributed by atoms with Crippen molar-refractivity contribution < 1.29 is 28.7 Å². The Morgan fingerprint density at radius 2 is 1.19 bits per heavy atom. The number of nitrogens with one attached hydrogen (secondary N) is 2. The highest BCUT2D eigenvalue weighted by Crippen LogP contribution is 2.38. The van der Waals surface area contributed by atoms with Gasteiger partial charge in [0.05, 0.1) is 23.1 Å². The maximum Gasteiger partial charge on any atom is 0.304 e. The Morgan fingerprint density at radius 3 is 1.56 bits per heavy atom. The molecule has 2 N–H and O–H groups in total. The van der Waals surface area contributed by atoms with Gasteiger partial charge in [0, 0.05) is 62.0 Å². The molecule has 0 aliphatic carbocycles. The maximum atomic E-state index is 12.8. The first-order valence-corrected chi connectivity index (χ1v) is 15.2. The fourth-order valence-corrected chi connectivity index (χ4v) is 5.94. The van der Waals surface area contributed by atoms with Crippen molar-refractivity contribution in [2.45, 2.75) is 36.1 Å². The number of benzene rings is 2. The average molecular weight is 648 g/mol. The predicted octanol–water partition coefficient (Wildman–Crippen LogP) is 3.81. The third-order valence-corrected chi connectivity index (χ3v) is 8.53. The van der Waals surface area contributed by atoms with E-state index in [2.05, 4.69) is 10.6 Å². The van der Waals surface area contributed by atoms with Crippen LogP contribution in [0.15, 0.2) is 58.3 Å². The van der Waals surface area contributed by atoms with E-state index in [9.17, 15) is 19.2 Å². The van der Waals surface area contributed by atoms with Crippen LogP contribution in [-0.2, 0) is 28.7 Å². The lowest BCUT2D eigenvalue weighted by Crippen LogP contribution is -2.54. The lowest BCUT2D eigenvalue weighted by atomic mass is 10.2. The van der Waals surface area contributed by atoms with Gasteiger partial charge >= 0.3 is 11.9 Å². The van der Waals surface area contributed by atoms with Gasteiger partial charge < -0.3 is 29.9 Å². The second kappa shape index (κ2) is 15.4. The van der Waals surface area contributed by atoms with E-state index in [1.165, 1.54) is 47.6 Å². The van der Waals surface area contributed by atoms with Crippen LogP contribution in [-0.4, -0.2) is 85.3 Å². The number of carbonyl (C=O) groups is 4. The summed E-state index contributed by atoms with van der Waals surface area (Å²) in [6.45, 7) is 5.46. The highest BCUT2D eigenvalue weighted by molar-refractivity contribution is 7.99. The molecule has 2 aromatic rings. The molecule has 2 unspecified atom stereocenters. The van der Waals surface area contributed by atoms with Crippen molar-refractivity contribution in [1.82, 2.24) is 20.4 Å². The van der Waals surface area contributed by atoms with Crippen molar-refractivity contribution >= 4 is 70.9 Å². The first kappa shape index (κ1) is 32.6. The molecule has 228 valence electrons. The standard InChI is InChI=1S/C30H32Cl2N4O6S/c1-19(37)41-29-17-33-11-13-35(29)27(39)9-5-21-3-7-25(23(31)15-21)43-26-8-4-22(16-24(26)32)6-10-28(40)36-14-12-34-18-30(36)42-20(2)38/h3-10,15-16,29-30,33-34H,11-14,17-18H2,1-2H3/b9-5+,10-6+. The third-order valence-electron chi connectivity index (χ3n) is 6.53. The first-order chi connectivity index (χ1) is 20.6. The predicted molar refractivity (Wildman–Crippen MR) is 165 cm³/mol. The molecule has 2 saturated heterocycles. The zero-order valence-corrected chi connectivity index (χ0v) is 26.0. The Bertz CT molecular complexity index is 1330. The number of esters is 2. The first-order valence-electron chi connectivity index (χ1n) is 13.6. The van der Waals surface area contributed by atoms with Gasteiger partial charge in [-0.25, -0.2) is 0 Å². The normalized spacial score (nSPS) is 19.1. The van der Waals surface area contributed by atoms with Crippen LogP contribution in [0, 0.1) is 0 Å². The molecule has 0 radical (unpaired) electrons. The Kier molecular flexibility index (Phi) is 11.7. The summed E-state index contributed by atoms with van der Waals surface area (Å²) in [5.41, 5.74) is 1.47.